The first-order chi connectivity index (χ1) is 9.82. The highest BCUT2D eigenvalue weighted by molar-refractivity contribution is 7.89. The Kier molecular flexibility index (Phi) is 6.32. The van der Waals surface area contributed by atoms with Gasteiger partial charge in [0.1, 0.15) is 6.54 Å². The van der Waals surface area contributed by atoms with Gasteiger partial charge in [-0.1, -0.05) is 19.1 Å². The number of rotatable bonds is 7. The number of hydrogen-bond acceptors (Lipinski definition) is 5. The van der Waals surface area contributed by atoms with Crippen molar-refractivity contribution in [3.05, 3.63) is 29.8 Å². The van der Waals surface area contributed by atoms with Crippen LogP contribution in [0, 0.1) is 0 Å². The van der Waals surface area contributed by atoms with Crippen LogP contribution in [-0.2, 0) is 19.6 Å². The zero-order valence-corrected chi connectivity index (χ0v) is 13.3. The van der Waals surface area contributed by atoms with Crippen molar-refractivity contribution < 1.29 is 23.1 Å². The van der Waals surface area contributed by atoms with E-state index in [-0.39, 0.29) is 18.0 Å². The lowest BCUT2D eigenvalue weighted by molar-refractivity contribution is -0.140. The number of carbonyl (C=O) groups is 1. The first kappa shape index (κ1) is 17.6. The number of ether oxygens (including phenoxy) is 1. The fraction of sp³-hybridized carbons (Fsp3) is 0.500. The molecule has 0 spiro atoms. The summed E-state index contributed by atoms with van der Waals surface area (Å²) < 4.78 is 30.6. The number of methoxy groups -OCH3 is 1. The molecular formula is C14H21NO5S. The summed E-state index contributed by atoms with van der Waals surface area (Å²) in [6, 6.07) is 5.97. The van der Waals surface area contributed by atoms with Crippen molar-refractivity contribution in [1.82, 2.24) is 4.31 Å². The van der Waals surface area contributed by atoms with Crippen LogP contribution in [0.4, 0.5) is 0 Å². The third-order valence-corrected chi connectivity index (χ3v) is 4.87. The van der Waals surface area contributed by atoms with Crippen LogP contribution in [-0.4, -0.2) is 44.0 Å². The van der Waals surface area contributed by atoms with Gasteiger partial charge in [-0.15, -0.1) is 0 Å². The van der Waals surface area contributed by atoms with Crippen LogP contribution in [0.25, 0.3) is 0 Å². The van der Waals surface area contributed by atoms with E-state index in [1.807, 2.05) is 6.92 Å². The number of aliphatic hydroxyl groups is 1. The van der Waals surface area contributed by atoms with Gasteiger partial charge in [0.25, 0.3) is 0 Å². The lowest BCUT2D eigenvalue weighted by Crippen LogP contribution is -2.36. The van der Waals surface area contributed by atoms with E-state index in [4.69, 9.17) is 0 Å². The Bertz CT molecular complexity index is 566. The maximum Gasteiger partial charge on any atom is 0.321 e. The van der Waals surface area contributed by atoms with E-state index < -0.39 is 22.1 Å². The first-order valence-electron chi connectivity index (χ1n) is 6.68. The molecule has 0 heterocycles. The van der Waals surface area contributed by atoms with Crippen molar-refractivity contribution in [1.29, 1.82) is 0 Å². The van der Waals surface area contributed by atoms with Gasteiger partial charge in [0.2, 0.25) is 10.0 Å². The van der Waals surface area contributed by atoms with Crippen molar-refractivity contribution in [2.75, 3.05) is 20.2 Å². The number of nitrogens with zero attached hydrogens (tertiary/aromatic N) is 1. The predicted molar refractivity (Wildman–Crippen MR) is 78.1 cm³/mol. The molecule has 0 amide bonds. The Balaban J connectivity index is 3.07. The molecule has 21 heavy (non-hydrogen) atoms. The van der Waals surface area contributed by atoms with Gasteiger partial charge in [0, 0.05) is 6.54 Å². The van der Waals surface area contributed by atoms with Crippen LogP contribution in [0.1, 0.15) is 31.9 Å². The zero-order valence-electron chi connectivity index (χ0n) is 12.4. The van der Waals surface area contributed by atoms with Crippen molar-refractivity contribution in [2.24, 2.45) is 0 Å². The van der Waals surface area contributed by atoms with E-state index in [0.717, 1.165) is 4.31 Å². The molecule has 0 saturated carbocycles. The molecule has 1 aromatic carbocycles. The van der Waals surface area contributed by atoms with Crippen LogP contribution in [0.2, 0.25) is 0 Å². The molecule has 0 saturated heterocycles. The minimum absolute atomic E-state index is 0.0873. The summed E-state index contributed by atoms with van der Waals surface area (Å²) in [5, 5.41) is 9.44. The van der Waals surface area contributed by atoms with E-state index >= 15 is 0 Å². The minimum Gasteiger partial charge on any atom is -0.468 e. The van der Waals surface area contributed by atoms with Crippen molar-refractivity contribution >= 4 is 16.0 Å². The Morgan fingerprint density at radius 3 is 2.33 bits per heavy atom. The zero-order chi connectivity index (χ0) is 16.0. The molecule has 0 aromatic heterocycles. The second-order valence-electron chi connectivity index (χ2n) is 4.66. The summed E-state index contributed by atoms with van der Waals surface area (Å²) in [6.07, 6.45) is -0.0781. The Morgan fingerprint density at radius 1 is 1.33 bits per heavy atom. The number of carbonyl (C=O) groups excluding carboxylic acids is 1. The average Bonchev–Trinajstić information content (AvgIpc) is 2.46. The normalized spacial score (nSPS) is 13.2. The van der Waals surface area contributed by atoms with E-state index in [1.165, 1.54) is 19.2 Å². The molecule has 118 valence electrons. The topological polar surface area (TPSA) is 83.9 Å². The summed E-state index contributed by atoms with van der Waals surface area (Å²) in [5.41, 5.74) is 0.629. The van der Waals surface area contributed by atoms with Gasteiger partial charge in [-0.05, 0) is 31.0 Å². The maximum atomic E-state index is 12.5. The summed E-state index contributed by atoms with van der Waals surface area (Å²) >= 11 is 0. The molecule has 1 aromatic rings. The molecule has 1 N–H and O–H groups in total. The van der Waals surface area contributed by atoms with Gasteiger partial charge in [0.05, 0.1) is 18.1 Å². The molecule has 0 aliphatic rings. The minimum atomic E-state index is -3.76. The number of esters is 1. The van der Waals surface area contributed by atoms with Crippen LogP contribution < -0.4 is 0 Å². The number of aliphatic hydroxyl groups excluding tert-OH is 1. The monoisotopic (exact) mass is 315 g/mol. The summed E-state index contributed by atoms with van der Waals surface area (Å²) in [4.78, 5) is 11.4. The highest BCUT2D eigenvalue weighted by Gasteiger charge is 2.26. The van der Waals surface area contributed by atoms with E-state index in [1.54, 1.807) is 19.1 Å². The molecule has 7 heteroatoms. The fourth-order valence-electron chi connectivity index (χ4n) is 1.81. The molecule has 1 atom stereocenters. The van der Waals surface area contributed by atoms with Gasteiger partial charge < -0.3 is 9.84 Å². The Hall–Kier alpha value is -1.44. The van der Waals surface area contributed by atoms with E-state index in [0.29, 0.717) is 12.0 Å². The summed E-state index contributed by atoms with van der Waals surface area (Å²) in [6.45, 7) is 3.35. The van der Waals surface area contributed by atoms with Crippen molar-refractivity contribution in [2.45, 2.75) is 31.3 Å². The van der Waals surface area contributed by atoms with Gasteiger partial charge in [-0.2, -0.15) is 4.31 Å². The van der Waals surface area contributed by atoms with E-state index in [2.05, 4.69) is 4.74 Å². The maximum absolute atomic E-state index is 12.5. The Morgan fingerprint density at radius 2 is 1.90 bits per heavy atom. The van der Waals surface area contributed by atoms with Gasteiger partial charge in [-0.3, -0.25) is 4.79 Å². The number of hydrogen-bond donors (Lipinski definition) is 1. The van der Waals surface area contributed by atoms with E-state index in [9.17, 15) is 18.3 Å². The highest BCUT2D eigenvalue weighted by atomic mass is 32.2. The SMILES string of the molecule is CCCN(CC(=O)OC)S(=O)(=O)c1ccc(C(C)O)cc1. The summed E-state index contributed by atoms with van der Waals surface area (Å²) in [5.74, 6) is -0.604. The molecular weight excluding hydrogens is 294 g/mol. The quantitative estimate of drug-likeness (QED) is 0.767. The lowest BCUT2D eigenvalue weighted by atomic mass is 10.1. The molecule has 6 nitrogen and oxygen atoms in total. The van der Waals surface area contributed by atoms with Gasteiger partial charge in [0.15, 0.2) is 0 Å². The van der Waals surface area contributed by atoms with Gasteiger partial charge in [-0.25, -0.2) is 8.42 Å². The molecule has 0 aliphatic heterocycles. The third kappa shape index (κ3) is 4.52. The van der Waals surface area contributed by atoms with Crippen molar-refractivity contribution in [3.63, 3.8) is 0 Å². The standard InChI is InChI=1S/C14H21NO5S/c1-4-9-15(10-14(17)20-3)21(18,19)13-7-5-12(6-8-13)11(2)16/h5-8,11,16H,4,9-10H2,1-3H3. The second kappa shape index (κ2) is 7.53. The lowest BCUT2D eigenvalue weighted by Gasteiger charge is -2.20. The predicted octanol–water partition coefficient (Wildman–Crippen LogP) is 1.31. The van der Waals surface area contributed by atoms with Gasteiger partial charge >= 0.3 is 5.97 Å². The highest BCUT2D eigenvalue weighted by Crippen LogP contribution is 2.19. The van der Waals surface area contributed by atoms with Crippen LogP contribution in [0.5, 0.6) is 0 Å². The summed E-state index contributed by atoms with van der Waals surface area (Å²) in [7, 11) is -2.54. The smallest absolute Gasteiger partial charge is 0.321 e. The molecule has 0 aliphatic carbocycles. The number of benzene rings is 1. The fourth-order valence-corrected chi connectivity index (χ4v) is 3.29. The Labute approximate surface area is 125 Å². The van der Waals surface area contributed by atoms with Crippen molar-refractivity contribution in [3.8, 4) is 0 Å². The molecule has 0 radical (unpaired) electrons. The third-order valence-electron chi connectivity index (χ3n) is 3.01. The molecule has 1 unspecified atom stereocenters. The van der Waals surface area contributed by atoms with Crippen LogP contribution >= 0.6 is 0 Å². The number of sulfonamides is 1. The van der Waals surface area contributed by atoms with Crippen LogP contribution in [0.15, 0.2) is 29.2 Å². The largest absolute Gasteiger partial charge is 0.468 e. The van der Waals surface area contributed by atoms with Crippen LogP contribution in [0.3, 0.4) is 0 Å². The molecule has 0 bridgehead atoms. The first-order valence-corrected chi connectivity index (χ1v) is 8.12. The second-order valence-corrected chi connectivity index (χ2v) is 6.60. The molecule has 1 rings (SSSR count). The average molecular weight is 315 g/mol. The molecule has 0 fully saturated rings.